The van der Waals surface area contributed by atoms with Crippen molar-refractivity contribution in [2.75, 3.05) is 0 Å². The first kappa shape index (κ1) is 5.45. The van der Waals surface area contributed by atoms with Crippen molar-refractivity contribution in [1.29, 1.82) is 0 Å². The number of nitrogens with two attached hydrogens (primary N) is 2. The molecule has 4 N–H and O–H groups in total. The predicted molar refractivity (Wildman–Crippen MR) is 36.7 cm³/mol. The van der Waals surface area contributed by atoms with E-state index in [1.54, 1.807) is 0 Å². The highest BCUT2D eigenvalue weighted by molar-refractivity contribution is 5.17. The summed E-state index contributed by atoms with van der Waals surface area (Å²) < 4.78 is 0. The van der Waals surface area contributed by atoms with Gasteiger partial charge in [-0.2, -0.15) is 0 Å². The Morgan fingerprint density at radius 3 is 1.67 bits per heavy atom. The zero-order valence-corrected chi connectivity index (χ0v) is 5.33. The van der Waals surface area contributed by atoms with Crippen molar-refractivity contribution >= 4 is 0 Å². The third kappa shape index (κ3) is 0.575. The molecule has 1 fully saturated rings. The van der Waals surface area contributed by atoms with E-state index in [1.807, 2.05) is 0 Å². The summed E-state index contributed by atoms with van der Waals surface area (Å²) in [6.45, 7) is 0. The fraction of sp³-hybridized carbons (Fsp3) is 0.714. The molecule has 0 spiro atoms. The van der Waals surface area contributed by atoms with E-state index in [0.717, 1.165) is 0 Å². The van der Waals surface area contributed by atoms with Gasteiger partial charge in [0.15, 0.2) is 0 Å². The Kier molecular flexibility index (Phi) is 0.957. The minimum Gasteiger partial charge on any atom is -0.326 e. The lowest BCUT2D eigenvalue weighted by atomic mass is 9.98. The molecular formula is C7H12N2. The largest absolute Gasteiger partial charge is 0.326 e. The van der Waals surface area contributed by atoms with Gasteiger partial charge in [0.25, 0.3) is 0 Å². The maximum atomic E-state index is 5.79. The minimum absolute atomic E-state index is 0.236. The summed E-state index contributed by atoms with van der Waals surface area (Å²) in [4.78, 5) is 0. The zero-order valence-electron chi connectivity index (χ0n) is 5.33. The Morgan fingerprint density at radius 1 is 1.00 bits per heavy atom. The number of rotatable bonds is 0. The summed E-state index contributed by atoms with van der Waals surface area (Å²) in [5.74, 6) is 1.18. The molecule has 0 amide bonds. The molecule has 50 valence electrons. The number of hydrogen-bond acceptors (Lipinski definition) is 2. The quantitative estimate of drug-likeness (QED) is 0.441. The van der Waals surface area contributed by atoms with Gasteiger partial charge in [-0.15, -0.1) is 0 Å². The fourth-order valence-electron chi connectivity index (χ4n) is 1.90. The smallest absolute Gasteiger partial charge is 0.0262 e. The molecule has 0 aliphatic heterocycles. The molecule has 2 unspecified atom stereocenters. The van der Waals surface area contributed by atoms with Crippen molar-refractivity contribution in [2.24, 2.45) is 23.3 Å². The number of fused-ring (bicyclic) bond motifs is 2. The lowest BCUT2D eigenvalue weighted by Crippen LogP contribution is -2.43. The van der Waals surface area contributed by atoms with E-state index < -0.39 is 0 Å². The maximum Gasteiger partial charge on any atom is 0.0262 e. The van der Waals surface area contributed by atoms with Crippen LogP contribution in [0.2, 0.25) is 0 Å². The van der Waals surface area contributed by atoms with Gasteiger partial charge in [-0.05, 0) is 18.3 Å². The van der Waals surface area contributed by atoms with Crippen LogP contribution in [0.3, 0.4) is 0 Å². The molecule has 0 aromatic rings. The van der Waals surface area contributed by atoms with E-state index in [4.69, 9.17) is 11.5 Å². The SMILES string of the molecule is N[C@@H]1C2C=CC(C2)[C@H]1N. The van der Waals surface area contributed by atoms with Gasteiger partial charge >= 0.3 is 0 Å². The van der Waals surface area contributed by atoms with Gasteiger partial charge in [-0.25, -0.2) is 0 Å². The van der Waals surface area contributed by atoms with Crippen LogP contribution in [0.5, 0.6) is 0 Å². The van der Waals surface area contributed by atoms with E-state index in [2.05, 4.69) is 12.2 Å². The lowest BCUT2D eigenvalue weighted by Gasteiger charge is -2.19. The normalized spacial score (nSPS) is 54.9. The highest BCUT2D eigenvalue weighted by Crippen LogP contribution is 2.36. The van der Waals surface area contributed by atoms with Crippen LogP contribution in [-0.2, 0) is 0 Å². The average molecular weight is 124 g/mol. The summed E-state index contributed by atoms with van der Waals surface area (Å²) in [5, 5.41) is 0. The molecule has 0 saturated heterocycles. The summed E-state index contributed by atoms with van der Waals surface area (Å²) in [6, 6.07) is 0.472. The first-order valence-electron chi connectivity index (χ1n) is 3.48. The number of hydrogen-bond donors (Lipinski definition) is 2. The summed E-state index contributed by atoms with van der Waals surface area (Å²) in [6.07, 6.45) is 5.61. The Labute approximate surface area is 54.9 Å². The van der Waals surface area contributed by atoms with Gasteiger partial charge in [0.1, 0.15) is 0 Å². The van der Waals surface area contributed by atoms with E-state index in [0.29, 0.717) is 11.8 Å². The Bertz CT molecular complexity index is 137. The topological polar surface area (TPSA) is 52.0 Å². The molecular weight excluding hydrogens is 112 g/mol. The molecule has 2 heteroatoms. The molecule has 4 atom stereocenters. The summed E-state index contributed by atoms with van der Waals surface area (Å²) in [7, 11) is 0. The summed E-state index contributed by atoms with van der Waals surface area (Å²) >= 11 is 0. The van der Waals surface area contributed by atoms with Gasteiger partial charge in [-0.3, -0.25) is 0 Å². The maximum absolute atomic E-state index is 5.79. The standard InChI is InChI=1S/C7H12N2/c8-6-4-1-2-5(3-4)7(6)9/h1-2,4-7H,3,8-9H2/t4?,5?,6-,7-/m1/s1. The van der Waals surface area contributed by atoms with Gasteiger partial charge < -0.3 is 11.5 Å². The molecule has 2 aliphatic carbocycles. The molecule has 2 aliphatic rings. The van der Waals surface area contributed by atoms with Gasteiger partial charge in [0, 0.05) is 12.1 Å². The van der Waals surface area contributed by atoms with Gasteiger partial charge in [0.05, 0.1) is 0 Å². The fourth-order valence-corrected chi connectivity index (χ4v) is 1.90. The Hall–Kier alpha value is -0.340. The lowest BCUT2D eigenvalue weighted by molar-refractivity contribution is 0.499. The highest BCUT2D eigenvalue weighted by Gasteiger charge is 2.39. The molecule has 0 radical (unpaired) electrons. The van der Waals surface area contributed by atoms with Crippen LogP contribution in [0.1, 0.15) is 6.42 Å². The average Bonchev–Trinajstić information content (AvgIpc) is 2.37. The van der Waals surface area contributed by atoms with Crippen molar-refractivity contribution in [3.05, 3.63) is 12.2 Å². The van der Waals surface area contributed by atoms with Crippen molar-refractivity contribution in [3.63, 3.8) is 0 Å². The predicted octanol–water partition coefficient (Wildman–Crippen LogP) is -0.153. The first-order valence-corrected chi connectivity index (χ1v) is 3.48. The van der Waals surface area contributed by atoms with Gasteiger partial charge in [0.2, 0.25) is 0 Å². The molecule has 2 bridgehead atoms. The minimum atomic E-state index is 0.236. The van der Waals surface area contributed by atoms with Crippen LogP contribution in [-0.4, -0.2) is 12.1 Å². The third-order valence-corrected chi connectivity index (χ3v) is 2.58. The van der Waals surface area contributed by atoms with Crippen LogP contribution in [0.25, 0.3) is 0 Å². The van der Waals surface area contributed by atoms with E-state index in [9.17, 15) is 0 Å². The molecule has 1 saturated carbocycles. The molecule has 2 rings (SSSR count). The monoisotopic (exact) mass is 124 g/mol. The van der Waals surface area contributed by atoms with Crippen LogP contribution >= 0.6 is 0 Å². The molecule has 0 aromatic carbocycles. The second kappa shape index (κ2) is 1.58. The van der Waals surface area contributed by atoms with Crippen molar-refractivity contribution in [2.45, 2.75) is 18.5 Å². The van der Waals surface area contributed by atoms with Crippen LogP contribution in [0, 0.1) is 11.8 Å². The third-order valence-electron chi connectivity index (χ3n) is 2.58. The van der Waals surface area contributed by atoms with Crippen LogP contribution < -0.4 is 11.5 Å². The highest BCUT2D eigenvalue weighted by atomic mass is 14.8. The molecule has 0 aromatic heterocycles. The van der Waals surface area contributed by atoms with E-state index in [-0.39, 0.29) is 12.1 Å². The first-order chi connectivity index (χ1) is 4.29. The van der Waals surface area contributed by atoms with Crippen molar-refractivity contribution in [1.82, 2.24) is 0 Å². The second-order valence-electron chi connectivity index (χ2n) is 3.10. The summed E-state index contributed by atoms with van der Waals surface area (Å²) in [5.41, 5.74) is 11.6. The zero-order chi connectivity index (χ0) is 6.43. The molecule has 2 nitrogen and oxygen atoms in total. The molecule has 9 heavy (non-hydrogen) atoms. The van der Waals surface area contributed by atoms with Crippen LogP contribution in [0.4, 0.5) is 0 Å². The second-order valence-corrected chi connectivity index (χ2v) is 3.10. The molecule has 0 heterocycles. The Morgan fingerprint density at radius 2 is 1.44 bits per heavy atom. The van der Waals surface area contributed by atoms with E-state index in [1.165, 1.54) is 6.42 Å². The van der Waals surface area contributed by atoms with Crippen molar-refractivity contribution in [3.8, 4) is 0 Å². The van der Waals surface area contributed by atoms with E-state index >= 15 is 0 Å². The Balaban J connectivity index is 2.26. The van der Waals surface area contributed by atoms with Gasteiger partial charge in [-0.1, -0.05) is 12.2 Å². The van der Waals surface area contributed by atoms with Crippen molar-refractivity contribution < 1.29 is 0 Å². The van der Waals surface area contributed by atoms with Crippen LogP contribution in [0.15, 0.2) is 12.2 Å².